The number of carbonyl (C=O) groups excluding carboxylic acids is 2. The van der Waals surface area contributed by atoms with Gasteiger partial charge in [-0.25, -0.2) is 8.42 Å². The van der Waals surface area contributed by atoms with Crippen LogP contribution in [-0.4, -0.2) is 25.6 Å². The van der Waals surface area contributed by atoms with Gasteiger partial charge in [-0.3, -0.25) is 9.59 Å². The lowest BCUT2D eigenvalue weighted by molar-refractivity contribution is -0.125. The molecule has 3 rings (SSSR count). The zero-order valence-corrected chi connectivity index (χ0v) is 16.2. The Morgan fingerprint density at radius 2 is 1.52 bits per heavy atom. The van der Waals surface area contributed by atoms with Gasteiger partial charge in [-0.2, -0.15) is 0 Å². The molecule has 0 bridgehead atoms. The molecule has 1 heterocycles. The third-order valence-electron chi connectivity index (χ3n) is 4.47. The number of hydrogen-bond acceptors (Lipinski definition) is 5. The van der Waals surface area contributed by atoms with Crippen LogP contribution in [0, 0.1) is 0 Å². The van der Waals surface area contributed by atoms with E-state index in [1.54, 1.807) is 62.4 Å². The maximum atomic E-state index is 12.9. The van der Waals surface area contributed by atoms with Crippen LogP contribution in [-0.2, 0) is 26.0 Å². The summed E-state index contributed by atoms with van der Waals surface area (Å²) in [6, 6.07) is 13.8. The van der Waals surface area contributed by atoms with Gasteiger partial charge in [0.25, 0.3) is 0 Å². The van der Waals surface area contributed by atoms with E-state index in [4.69, 9.17) is 4.74 Å². The maximum Gasteiger partial charge on any atom is 0.210 e. The number of hydrogen-bond donors (Lipinski definition) is 1. The zero-order chi connectivity index (χ0) is 19.8. The van der Waals surface area contributed by atoms with Crippen LogP contribution in [0.25, 0.3) is 11.3 Å². The highest BCUT2D eigenvalue weighted by molar-refractivity contribution is 7.71. The maximum absolute atomic E-state index is 12.9. The van der Waals surface area contributed by atoms with Gasteiger partial charge in [0.2, 0.25) is 5.78 Å². The first kappa shape index (κ1) is 19.0. The molecule has 6 heteroatoms. The highest BCUT2D eigenvalue weighted by Crippen LogP contribution is 2.41. The van der Waals surface area contributed by atoms with Gasteiger partial charge >= 0.3 is 0 Å². The highest BCUT2D eigenvalue weighted by Gasteiger charge is 2.42. The molecular formula is C21H20O5S. The lowest BCUT2D eigenvalue weighted by Gasteiger charge is -2.17. The van der Waals surface area contributed by atoms with Crippen molar-refractivity contribution >= 4 is 33.6 Å². The average Bonchev–Trinajstić information content (AvgIpc) is 2.85. The van der Waals surface area contributed by atoms with E-state index in [-0.39, 0.29) is 17.3 Å². The van der Waals surface area contributed by atoms with E-state index in [0.717, 1.165) is 0 Å². The molecule has 0 N–H and O–H groups in total. The van der Waals surface area contributed by atoms with Crippen molar-refractivity contribution in [3.63, 3.8) is 0 Å². The molecule has 0 unspecified atom stereocenters. The number of Topliss-reactive ketones (excluding diaryl/α,β-unsaturated/α-hetero) is 2. The molecule has 27 heavy (non-hydrogen) atoms. The minimum Gasteiger partial charge on any atom is -0.478 e. The van der Waals surface area contributed by atoms with Crippen molar-refractivity contribution in [1.82, 2.24) is 0 Å². The minimum absolute atomic E-state index is 0.0285. The van der Waals surface area contributed by atoms with Crippen molar-refractivity contribution in [2.24, 2.45) is 0 Å². The zero-order valence-electron chi connectivity index (χ0n) is 15.3. The SMILES string of the molecule is CC(=O)c1ccc(C2=C(c3ccc(C[SH](=O)=O)cc3)OC(C)(C)C2=O)cc1. The van der Waals surface area contributed by atoms with E-state index < -0.39 is 16.3 Å². The predicted octanol–water partition coefficient (Wildman–Crippen LogP) is 3.25. The Morgan fingerprint density at radius 3 is 2.04 bits per heavy atom. The summed E-state index contributed by atoms with van der Waals surface area (Å²) in [5, 5.41) is 0. The summed E-state index contributed by atoms with van der Waals surface area (Å²) >= 11 is 0. The lowest BCUT2D eigenvalue weighted by atomic mass is 9.92. The van der Waals surface area contributed by atoms with Gasteiger partial charge in [0.15, 0.2) is 11.4 Å². The third-order valence-corrected chi connectivity index (χ3v) is 5.09. The summed E-state index contributed by atoms with van der Waals surface area (Å²) in [5.41, 5.74) is 2.08. The summed E-state index contributed by atoms with van der Waals surface area (Å²) in [7, 11) is -2.50. The molecule has 0 aromatic heterocycles. The molecule has 0 aliphatic carbocycles. The Balaban J connectivity index is 2.07. The highest BCUT2D eigenvalue weighted by atomic mass is 32.2. The van der Waals surface area contributed by atoms with Gasteiger partial charge in [0.1, 0.15) is 16.5 Å². The number of carbonyl (C=O) groups is 2. The summed E-state index contributed by atoms with van der Waals surface area (Å²) in [6.07, 6.45) is 0. The molecular weight excluding hydrogens is 364 g/mol. The molecule has 140 valence electrons. The standard InChI is InChI=1S/C21H20O5S/c1-13(22)15-8-10-16(11-9-15)18-19(26-21(2,3)20(18)23)17-6-4-14(5-7-17)12-27(24)25/h4-11,27H,12H2,1-3H3. The van der Waals surface area contributed by atoms with Gasteiger partial charge in [0, 0.05) is 11.1 Å². The molecule has 0 atom stereocenters. The van der Waals surface area contributed by atoms with Crippen molar-refractivity contribution in [3.05, 3.63) is 70.8 Å². The fraction of sp³-hybridized carbons (Fsp3) is 0.238. The first-order chi connectivity index (χ1) is 12.7. The van der Waals surface area contributed by atoms with Crippen molar-refractivity contribution in [2.75, 3.05) is 0 Å². The molecule has 0 saturated heterocycles. The lowest BCUT2D eigenvalue weighted by Crippen LogP contribution is -2.29. The van der Waals surface area contributed by atoms with Gasteiger partial charge < -0.3 is 4.74 Å². The molecule has 0 radical (unpaired) electrons. The van der Waals surface area contributed by atoms with Gasteiger partial charge in [-0.15, -0.1) is 0 Å². The number of ether oxygens (including phenoxy) is 1. The summed E-state index contributed by atoms with van der Waals surface area (Å²) < 4.78 is 27.7. The quantitative estimate of drug-likeness (QED) is 0.632. The van der Waals surface area contributed by atoms with Crippen LogP contribution in [0.1, 0.15) is 47.8 Å². The third kappa shape index (κ3) is 3.85. The fourth-order valence-corrected chi connectivity index (χ4v) is 3.51. The number of thiol groups is 1. The van der Waals surface area contributed by atoms with Crippen LogP contribution in [0.5, 0.6) is 0 Å². The van der Waals surface area contributed by atoms with Crippen LogP contribution in [0.2, 0.25) is 0 Å². The van der Waals surface area contributed by atoms with E-state index in [0.29, 0.717) is 33.6 Å². The van der Waals surface area contributed by atoms with Crippen molar-refractivity contribution in [2.45, 2.75) is 32.1 Å². The van der Waals surface area contributed by atoms with E-state index in [1.807, 2.05) is 0 Å². The summed E-state index contributed by atoms with van der Waals surface area (Å²) in [6.45, 7) is 4.91. The second kappa shape index (κ2) is 7.12. The first-order valence-corrected chi connectivity index (χ1v) is 9.86. The summed E-state index contributed by atoms with van der Waals surface area (Å²) in [5.74, 6) is 0.245. The van der Waals surface area contributed by atoms with Crippen molar-refractivity contribution < 1.29 is 22.7 Å². The Morgan fingerprint density at radius 1 is 0.963 bits per heavy atom. The topological polar surface area (TPSA) is 77.5 Å². The van der Waals surface area contributed by atoms with Crippen LogP contribution in [0.15, 0.2) is 48.5 Å². The van der Waals surface area contributed by atoms with Gasteiger partial charge in [-0.05, 0) is 31.9 Å². The van der Waals surface area contributed by atoms with Crippen molar-refractivity contribution in [1.29, 1.82) is 0 Å². The van der Waals surface area contributed by atoms with E-state index in [9.17, 15) is 18.0 Å². The normalized spacial score (nSPS) is 15.9. The second-order valence-electron chi connectivity index (χ2n) is 6.97. The van der Waals surface area contributed by atoms with Crippen LogP contribution < -0.4 is 0 Å². The molecule has 0 saturated carbocycles. The number of ketones is 2. The van der Waals surface area contributed by atoms with Crippen LogP contribution in [0.4, 0.5) is 0 Å². The first-order valence-electron chi connectivity index (χ1n) is 8.49. The Hall–Kier alpha value is -2.73. The molecule has 2 aromatic rings. The van der Waals surface area contributed by atoms with Crippen LogP contribution >= 0.6 is 0 Å². The average molecular weight is 384 g/mol. The minimum atomic E-state index is -2.50. The largest absolute Gasteiger partial charge is 0.478 e. The molecule has 1 aliphatic rings. The molecule has 5 nitrogen and oxygen atoms in total. The molecule has 0 spiro atoms. The monoisotopic (exact) mass is 384 g/mol. The Labute approximate surface area is 159 Å². The Kier molecular flexibility index (Phi) is 5.02. The van der Waals surface area contributed by atoms with Gasteiger partial charge in [-0.1, -0.05) is 48.5 Å². The van der Waals surface area contributed by atoms with E-state index >= 15 is 0 Å². The fourth-order valence-electron chi connectivity index (χ4n) is 3.00. The predicted molar refractivity (Wildman–Crippen MR) is 104 cm³/mol. The molecule has 0 fully saturated rings. The van der Waals surface area contributed by atoms with Crippen LogP contribution in [0.3, 0.4) is 0 Å². The van der Waals surface area contributed by atoms with Crippen molar-refractivity contribution in [3.8, 4) is 0 Å². The Bertz CT molecular complexity index is 1000. The van der Waals surface area contributed by atoms with E-state index in [1.165, 1.54) is 6.92 Å². The molecule has 2 aromatic carbocycles. The number of rotatable bonds is 5. The molecule has 1 aliphatic heterocycles. The smallest absolute Gasteiger partial charge is 0.210 e. The second-order valence-corrected chi connectivity index (χ2v) is 7.95. The summed E-state index contributed by atoms with van der Waals surface area (Å²) in [4.78, 5) is 24.4. The molecule has 0 amide bonds. The van der Waals surface area contributed by atoms with Gasteiger partial charge in [0.05, 0.1) is 11.3 Å². The van der Waals surface area contributed by atoms with E-state index in [2.05, 4.69) is 0 Å². The number of benzene rings is 2.